The van der Waals surface area contributed by atoms with Crippen LogP contribution < -0.4 is 15.8 Å². The number of aromatic nitrogens is 1. The van der Waals surface area contributed by atoms with Gasteiger partial charge in [0.2, 0.25) is 5.88 Å². The van der Waals surface area contributed by atoms with Crippen LogP contribution in [-0.2, 0) is 6.54 Å². The van der Waals surface area contributed by atoms with Gasteiger partial charge in [0.25, 0.3) is 0 Å². The maximum absolute atomic E-state index is 5.85. The van der Waals surface area contributed by atoms with E-state index in [1.165, 1.54) is 0 Å². The zero-order chi connectivity index (χ0) is 13.0. The van der Waals surface area contributed by atoms with Gasteiger partial charge in [-0.05, 0) is 17.7 Å². The number of nitrogens with two attached hydrogens (primary N) is 1. The zero-order valence-electron chi connectivity index (χ0n) is 9.98. The van der Waals surface area contributed by atoms with Crippen molar-refractivity contribution >= 4 is 27.4 Å². The van der Waals surface area contributed by atoms with Crippen molar-refractivity contribution in [3.63, 3.8) is 0 Å². The molecule has 0 atom stereocenters. The summed E-state index contributed by atoms with van der Waals surface area (Å²) in [6, 6.07) is 11.5. The topological polar surface area (TPSA) is 60.2 Å². The highest BCUT2D eigenvalue weighted by Crippen LogP contribution is 2.22. The molecular formula is C13H14BrN3O. The summed E-state index contributed by atoms with van der Waals surface area (Å²) in [4.78, 5) is 4.26. The van der Waals surface area contributed by atoms with Gasteiger partial charge in [0.15, 0.2) is 5.82 Å². The Morgan fingerprint density at radius 3 is 2.78 bits per heavy atom. The summed E-state index contributed by atoms with van der Waals surface area (Å²) >= 11 is 3.50. The molecule has 0 aliphatic carbocycles. The zero-order valence-corrected chi connectivity index (χ0v) is 11.6. The SMILES string of the molecule is COc1ccc(N)c(NCc2ccccc2Br)n1. The number of benzene rings is 1. The Hall–Kier alpha value is -1.75. The number of hydrogen-bond donors (Lipinski definition) is 2. The summed E-state index contributed by atoms with van der Waals surface area (Å²) in [6.45, 7) is 0.645. The molecule has 2 aromatic rings. The highest BCUT2D eigenvalue weighted by molar-refractivity contribution is 9.10. The molecule has 18 heavy (non-hydrogen) atoms. The van der Waals surface area contributed by atoms with Gasteiger partial charge in [-0.25, -0.2) is 0 Å². The highest BCUT2D eigenvalue weighted by atomic mass is 79.9. The predicted molar refractivity (Wildman–Crippen MR) is 76.7 cm³/mol. The van der Waals surface area contributed by atoms with Gasteiger partial charge in [0, 0.05) is 17.1 Å². The fourth-order valence-corrected chi connectivity index (χ4v) is 1.95. The number of pyridine rings is 1. The van der Waals surface area contributed by atoms with E-state index in [9.17, 15) is 0 Å². The van der Waals surface area contributed by atoms with Crippen LogP contribution in [0.2, 0.25) is 0 Å². The molecule has 0 spiro atoms. The van der Waals surface area contributed by atoms with Gasteiger partial charge in [-0.1, -0.05) is 34.1 Å². The van der Waals surface area contributed by atoms with Gasteiger partial charge >= 0.3 is 0 Å². The number of nitrogen functional groups attached to an aromatic ring is 1. The summed E-state index contributed by atoms with van der Waals surface area (Å²) in [5, 5.41) is 3.20. The molecule has 1 aromatic carbocycles. The van der Waals surface area contributed by atoms with Crippen molar-refractivity contribution in [3.8, 4) is 5.88 Å². The van der Waals surface area contributed by atoms with Gasteiger partial charge in [0.1, 0.15) is 0 Å². The summed E-state index contributed by atoms with van der Waals surface area (Å²) in [6.07, 6.45) is 0. The van der Waals surface area contributed by atoms with E-state index >= 15 is 0 Å². The second-order valence-electron chi connectivity index (χ2n) is 3.74. The number of methoxy groups -OCH3 is 1. The molecule has 0 amide bonds. The molecule has 0 radical (unpaired) electrons. The molecule has 5 heteroatoms. The highest BCUT2D eigenvalue weighted by Gasteiger charge is 2.04. The molecule has 0 aliphatic rings. The Bertz CT molecular complexity index is 546. The van der Waals surface area contributed by atoms with Crippen molar-refractivity contribution in [3.05, 3.63) is 46.4 Å². The molecule has 0 saturated carbocycles. The summed E-state index contributed by atoms with van der Waals surface area (Å²) < 4.78 is 6.12. The van der Waals surface area contributed by atoms with Gasteiger partial charge in [-0.2, -0.15) is 4.98 Å². The van der Waals surface area contributed by atoms with Crippen LogP contribution in [0.4, 0.5) is 11.5 Å². The first-order valence-corrected chi connectivity index (χ1v) is 6.28. The van der Waals surface area contributed by atoms with Crippen molar-refractivity contribution in [1.82, 2.24) is 4.98 Å². The van der Waals surface area contributed by atoms with Crippen LogP contribution in [-0.4, -0.2) is 12.1 Å². The van der Waals surface area contributed by atoms with Crippen LogP contribution in [0.1, 0.15) is 5.56 Å². The van der Waals surface area contributed by atoms with Gasteiger partial charge in [0.05, 0.1) is 12.8 Å². The Morgan fingerprint density at radius 2 is 2.06 bits per heavy atom. The molecule has 0 saturated heterocycles. The lowest BCUT2D eigenvalue weighted by atomic mass is 10.2. The largest absolute Gasteiger partial charge is 0.481 e. The van der Waals surface area contributed by atoms with Crippen molar-refractivity contribution < 1.29 is 4.74 Å². The first kappa shape index (κ1) is 12.7. The Labute approximate surface area is 114 Å². The number of nitrogens with one attached hydrogen (secondary N) is 1. The number of anilines is 2. The van der Waals surface area contributed by atoms with Crippen LogP contribution in [0.25, 0.3) is 0 Å². The lowest BCUT2D eigenvalue weighted by Gasteiger charge is -2.10. The minimum atomic E-state index is 0.541. The van der Waals surface area contributed by atoms with E-state index < -0.39 is 0 Å². The molecule has 4 nitrogen and oxygen atoms in total. The van der Waals surface area contributed by atoms with Crippen LogP contribution >= 0.6 is 15.9 Å². The molecular weight excluding hydrogens is 294 g/mol. The number of ether oxygens (including phenoxy) is 1. The van der Waals surface area contributed by atoms with Crippen LogP contribution in [0, 0.1) is 0 Å². The maximum Gasteiger partial charge on any atom is 0.215 e. The Balaban J connectivity index is 2.13. The van der Waals surface area contributed by atoms with Gasteiger partial charge in [-0.15, -0.1) is 0 Å². The Morgan fingerprint density at radius 1 is 1.28 bits per heavy atom. The fourth-order valence-electron chi connectivity index (χ4n) is 1.53. The summed E-state index contributed by atoms with van der Waals surface area (Å²) in [7, 11) is 1.58. The van der Waals surface area contributed by atoms with Gasteiger partial charge in [-0.3, -0.25) is 0 Å². The second-order valence-corrected chi connectivity index (χ2v) is 4.59. The third kappa shape index (κ3) is 2.92. The van der Waals surface area contributed by atoms with E-state index in [2.05, 4.69) is 26.2 Å². The summed E-state index contributed by atoms with van der Waals surface area (Å²) in [5.74, 6) is 1.17. The van der Waals surface area contributed by atoms with Crippen LogP contribution in [0.3, 0.4) is 0 Å². The number of nitrogens with zero attached hydrogens (tertiary/aromatic N) is 1. The fraction of sp³-hybridized carbons (Fsp3) is 0.154. The van der Waals surface area contributed by atoms with Crippen molar-refractivity contribution in [2.24, 2.45) is 0 Å². The summed E-state index contributed by atoms with van der Waals surface area (Å²) in [5.41, 5.74) is 7.59. The van der Waals surface area contributed by atoms with E-state index in [0.717, 1.165) is 10.0 Å². The molecule has 0 bridgehead atoms. The molecule has 0 fully saturated rings. The molecule has 0 aliphatic heterocycles. The van der Waals surface area contributed by atoms with Gasteiger partial charge < -0.3 is 15.8 Å². The second kappa shape index (κ2) is 5.73. The first-order chi connectivity index (χ1) is 8.70. The number of hydrogen-bond acceptors (Lipinski definition) is 4. The average Bonchev–Trinajstić information content (AvgIpc) is 2.39. The van der Waals surface area contributed by atoms with Crippen molar-refractivity contribution in [2.45, 2.75) is 6.54 Å². The van der Waals surface area contributed by atoms with Crippen molar-refractivity contribution in [2.75, 3.05) is 18.2 Å². The lowest BCUT2D eigenvalue weighted by molar-refractivity contribution is 0.398. The third-order valence-corrected chi connectivity index (χ3v) is 3.29. The van der Waals surface area contributed by atoms with Crippen LogP contribution in [0.15, 0.2) is 40.9 Å². The Kier molecular flexibility index (Phi) is 4.04. The van der Waals surface area contributed by atoms with E-state index in [4.69, 9.17) is 10.5 Å². The van der Waals surface area contributed by atoms with E-state index in [1.54, 1.807) is 19.2 Å². The maximum atomic E-state index is 5.85. The van der Waals surface area contributed by atoms with E-state index in [1.807, 2.05) is 24.3 Å². The molecule has 1 aromatic heterocycles. The smallest absolute Gasteiger partial charge is 0.215 e. The molecule has 0 unspecified atom stereocenters. The normalized spacial score (nSPS) is 10.1. The molecule has 2 rings (SSSR count). The van der Waals surface area contributed by atoms with E-state index in [0.29, 0.717) is 23.9 Å². The van der Waals surface area contributed by atoms with Crippen molar-refractivity contribution in [1.29, 1.82) is 0 Å². The lowest BCUT2D eigenvalue weighted by Crippen LogP contribution is -2.05. The first-order valence-electron chi connectivity index (χ1n) is 5.48. The molecule has 3 N–H and O–H groups in total. The van der Waals surface area contributed by atoms with Crippen LogP contribution in [0.5, 0.6) is 5.88 Å². The standard InChI is InChI=1S/C13H14BrN3O/c1-18-12-7-6-11(15)13(17-12)16-8-9-4-2-3-5-10(9)14/h2-7H,8,15H2,1H3,(H,16,17). The van der Waals surface area contributed by atoms with E-state index in [-0.39, 0.29) is 0 Å². The minimum absolute atomic E-state index is 0.541. The average molecular weight is 308 g/mol. The number of rotatable bonds is 4. The molecule has 94 valence electrons. The quantitative estimate of drug-likeness (QED) is 0.911. The molecule has 1 heterocycles. The predicted octanol–water partition coefficient (Wildman–Crippen LogP) is 3.05. The number of halogens is 1. The monoisotopic (exact) mass is 307 g/mol. The third-order valence-electron chi connectivity index (χ3n) is 2.51. The minimum Gasteiger partial charge on any atom is -0.481 e.